The molecule has 0 aliphatic heterocycles. The number of nitrogens with one attached hydrogen (secondary N) is 1. The average molecular weight is 368 g/mol. The molecule has 0 aliphatic rings. The third-order valence-electron chi connectivity index (χ3n) is 4.05. The van der Waals surface area contributed by atoms with Crippen LogP contribution in [0.1, 0.15) is 18.0 Å². The van der Waals surface area contributed by atoms with E-state index in [9.17, 15) is 9.90 Å². The van der Waals surface area contributed by atoms with Gasteiger partial charge >= 0.3 is 6.03 Å². The summed E-state index contributed by atoms with van der Waals surface area (Å²) in [5.74, 6) is 0. The van der Waals surface area contributed by atoms with Crippen molar-refractivity contribution in [3.05, 3.63) is 65.8 Å². The fraction of sp³-hybridized carbons (Fsp3) is 0.211. The number of anilines is 1. The van der Waals surface area contributed by atoms with Gasteiger partial charge in [0.15, 0.2) is 5.13 Å². The minimum atomic E-state index is -0.264. The SMILES string of the molecule is CN(C(=O)Nc1nc(-c2cccnc2)cs1)C(CCO)c1ccccc1. The van der Waals surface area contributed by atoms with Gasteiger partial charge in [0, 0.05) is 37.0 Å². The largest absolute Gasteiger partial charge is 0.396 e. The molecule has 1 atom stereocenters. The van der Waals surface area contributed by atoms with Gasteiger partial charge in [-0.2, -0.15) is 0 Å². The lowest BCUT2D eigenvalue weighted by Crippen LogP contribution is -2.35. The van der Waals surface area contributed by atoms with Crippen LogP contribution in [-0.2, 0) is 0 Å². The molecule has 3 aromatic rings. The minimum Gasteiger partial charge on any atom is -0.396 e. The van der Waals surface area contributed by atoms with Crippen LogP contribution in [0.4, 0.5) is 9.93 Å². The molecular weight excluding hydrogens is 348 g/mol. The number of amides is 2. The maximum atomic E-state index is 12.6. The predicted molar refractivity (Wildman–Crippen MR) is 103 cm³/mol. The number of rotatable bonds is 6. The number of benzene rings is 1. The number of thiazole rings is 1. The number of nitrogens with zero attached hydrogens (tertiary/aromatic N) is 3. The summed E-state index contributed by atoms with van der Waals surface area (Å²) in [4.78, 5) is 22.8. The zero-order valence-electron chi connectivity index (χ0n) is 14.4. The Morgan fingerprint density at radius 2 is 2.08 bits per heavy atom. The number of pyridine rings is 1. The lowest BCUT2D eigenvalue weighted by molar-refractivity contribution is 0.184. The Bertz CT molecular complexity index is 839. The Kier molecular flexibility index (Phi) is 5.93. The zero-order chi connectivity index (χ0) is 18.4. The van der Waals surface area contributed by atoms with Gasteiger partial charge in [0.05, 0.1) is 11.7 Å². The number of hydrogen-bond acceptors (Lipinski definition) is 5. The van der Waals surface area contributed by atoms with Crippen LogP contribution in [-0.4, -0.2) is 39.7 Å². The van der Waals surface area contributed by atoms with Crippen LogP contribution in [0, 0.1) is 0 Å². The predicted octanol–water partition coefficient (Wildman–Crippen LogP) is 3.79. The van der Waals surface area contributed by atoms with E-state index in [1.165, 1.54) is 11.3 Å². The van der Waals surface area contributed by atoms with E-state index in [1.54, 1.807) is 24.3 Å². The molecule has 134 valence electrons. The third kappa shape index (κ3) is 4.25. The van der Waals surface area contributed by atoms with Gasteiger partial charge in [0.25, 0.3) is 0 Å². The van der Waals surface area contributed by atoms with Crippen molar-refractivity contribution in [2.24, 2.45) is 0 Å². The molecule has 26 heavy (non-hydrogen) atoms. The Balaban J connectivity index is 1.71. The molecule has 1 unspecified atom stereocenters. The molecule has 0 saturated heterocycles. The average Bonchev–Trinajstić information content (AvgIpc) is 3.15. The molecule has 0 bridgehead atoms. The van der Waals surface area contributed by atoms with E-state index in [0.29, 0.717) is 11.6 Å². The summed E-state index contributed by atoms with van der Waals surface area (Å²) >= 11 is 1.36. The molecule has 2 aromatic heterocycles. The van der Waals surface area contributed by atoms with Crippen molar-refractivity contribution in [2.75, 3.05) is 19.0 Å². The number of aliphatic hydroxyl groups is 1. The molecule has 3 rings (SSSR count). The Morgan fingerprint density at radius 1 is 1.27 bits per heavy atom. The van der Waals surface area contributed by atoms with Crippen molar-refractivity contribution in [1.82, 2.24) is 14.9 Å². The van der Waals surface area contributed by atoms with E-state index < -0.39 is 0 Å². The first-order valence-electron chi connectivity index (χ1n) is 8.24. The fourth-order valence-corrected chi connectivity index (χ4v) is 3.39. The molecule has 0 saturated carbocycles. The monoisotopic (exact) mass is 368 g/mol. The summed E-state index contributed by atoms with van der Waals surface area (Å²) in [7, 11) is 1.72. The maximum absolute atomic E-state index is 12.6. The summed E-state index contributed by atoms with van der Waals surface area (Å²) in [6.07, 6.45) is 3.91. The second-order valence-electron chi connectivity index (χ2n) is 5.76. The Hall–Kier alpha value is -2.77. The van der Waals surface area contributed by atoms with Crippen molar-refractivity contribution >= 4 is 22.5 Å². The lowest BCUT2D eigenvalue weighted by atomic mass is 10.0. The number of carbonyl (C=O) groups excluding carboxylic acids is 1. The molecule has 1 aromatic carbocycles. The number of hydrogen-bond donors (Lipinski definition) is 2. The first-order chi connectivity index (χ1) is 12.7. The molecule has 0 fully saturated rings. The molecule has 2 N–H and O–H groups in total. The number of aromatic nitrogens is 2. The van der Waals surface area contributed by atoms with Gasteiger partial charge in [-0.25, -0.2) is 9.78 Å². The van der Waals surface area contributed by atoms with E-state index in [4.69, 9.17) is 0 Å². The van der Waals surface area contributed by atoms with Crippen LogP contribution in [0.3, 0.4) is 0 Å². The molecule has 2 amide bonds. The van der Waals surface area contributed by atoms with Crippen molar-refractivity contribution in [2.45, 2.75) is 12.5 Å². The number of carbonyl (C=O) groups is 1. The highest BCUT2D eigenvalue weighted by atomic mass is 32.1. The number of urea groups is 1. The molecule has 0 aliphatic carbocycles. The molecule has 2 heterocycles. The normalized spacial score (nSPS) is 11.8. The molecule has 7 heteroatoms. The summed E-state index contributed by atoms with van der Waals surface area (Å²) < 4.78 is 0. The first-order valence-corrected chi connectivity index (χ1v) is 9.12. The van der Waals surface area contributed by atoms with E-state index in [2.05, 4.69) is 15.3 Å². The molecule has 6 nitrogen and oxygen atoms in total. The van der Waals surface area contributed by atoms with E-state index >= 15 is 0 Å². The molecular formula is C19H20N4O2S. The van der Waals surface area contributed by atoms with Crippen LogP contribution in [0.2, 0.25) is 0 Å². The lowest BCUT2D eigenvalue weighted by Gasteiger charge is -2.28. The van der Waals surface area contributed by atoms with Gasteiger partial charge in [-0.1, -0.05) is 30.3 Å². The topological polar surface area (TPSA) is 78.4 Å². The van der Waals surface area contributed by atoms with E-state index in [0.717, 1.165) is 16.8 Å². The van der Waals surface area contributed by atoms with Crippen molar-refractivity contribution in [3.63, 3.8) is 0 Å². The highest BCUT2D eigenvalue weighted by Crippen LogP contribution is 2.26. The van der Waals surface area contributed by atoms with E-state index in [-0.39, 0.29) is 18.7 Å². The van der Waals surface area contributed by atoms with Crippen LogP contribution in [0.15, 0.2) is 60.2 Å². The standard InChI is InChI=1S/C19H20N4O2S/c1-23(17(9-11-24)14-6-3-2-4-7-14)19(25)22-18-21-16(13-26-18)15-8-5-10-20-12-15/h2-8,10,12-13,17,24H,9,11H2,1H3,(H,21,22,25). The van der Waals surface area contributed by atoms with Crippen molar-refractivity contribution in [3.8, 4) is 11.3 Å². The van der Waals surface area contributed by atoms with Gasteiger partial charge in [-0.3, -0.25) is 10.3 Å². The Labute approximate surface area is 156 Å². The van der Waals surface area contributed by atoms with Gasteiger partial charge in [-0.15, -0.1) is 11.3 Å². The molecule has 0 radical (unpaired) electrons. The van der Waals surface area contributed by atoms with Gasteiger partial charge in [0.2, 0.25) is 0 Å². The number of aliphatic hydroxyl groups excluding tert-OH is 1. The summed E-state index contributed by atoms with van der Waals surface area (Å²) in [5, 5.41) is 14.6. The van der Waals surface area contributed by atoms with Crippen molar-refractivity contribution in [1.29, 1.82) is 0 Å². The molecule has 0 spiro atoms. The zero-order valence-corrected chi connectivity index (χ0v) is 15.2. The summed E-state index contributed by atoms with van der Waals surface area (Å²) in [6.45, 7) is -0.000408. The van der Waals surface area contributed by atoms with Crippen LogP contribution in [0.25, 0.3) is 11.3 Å². The third-order valence-corrected chi connectivity index (χ3v) is 4.81. The van der Waals surface area contributed by atoms with Crippen LogP contribution in [0.5, 0.6) is 0 Å². The highest BCUT2D eigenvalue weighted by Gasteiger charge is 2.22. The van der Waals surface area contributed by atoms with Gasteiger partial charge in [0.1, 0.15) is 0 Å². The maximum Gasteiger partial charge on any atom is 0.323 e. The Morgan fingerprint density at radius 3 is 2.77 bits per heavy atom. The second kappa shape index (κ2) is 8.55. The van der Waals surface area contributed by atoms with Crippen molar-refractivity contribution < 1.29 is 9.90 Å². The quantitative estimate of drug-likeness (QED) is 0.694. The first kappa shape index (κ1) is 18.0. The van der Waals surface area contributed by atoms with E-state index in [1.807, 2.05) is 47.8 Å². The minimum absolute atomic E-state index is 0.000408. The fourth-order valence-electron chi connectivity index (χ4n) is 2.68. The second-order valence-corrected chi connectivity index (χ2v) is 6.62. The summed E-state index contributed by atoms with van der Waals surface area (Å²) in [6, 6.07) is 13.0. The van der Waals surface area contributed by atoms with Gasteiger partial charge < -0.3 is 10.0 Å². The summed E-state index contributed by atoms with van der Waals surface area (Å²) in [5.41, 5.74) is 2.66. The smallest absolute Gasteiger partial charge is 0.323 e. The van der Waals surface area contributed by atoms with Crippen LogP contribution >= 0.6 is 11.3 Å². The van der Waals surface area contributed by atoms with Crippen LogP contribution < -0.4 is 5.32 Å². The highest BCUT2D eigenvalue weighted by molar-refractivity contribution is 7.14. The van der Waals surface area contributed by atoms with Gasteiger partial charge in [-0.05, 0) is 24.1 Å².